The summed E-state index contributed by atoms with van der Waals surface area (Å²) in [6.45, 7) is 2.81. The lowest BCUT2D eigenvalue weighted by Crippen LogP contribution is -2.40. The maximum atomic E-state index is 11.9. The van der Waals surface area contributed by atoms with Gasteiger partial charge in [-0.05, 0) is 30.5 Å². The molecule has 0 aliphatic carbocycles. The smallest absolute Gasteiger partial charge is 0.222 e. The van der Waals surface area contributed by atoms with Gasteiger partial charge in [0, 0.05) is 24.5 Å². The first-order valence-corrected chi connectivity index (χ1v) is 6.73. The van der Waals surface area contributed by atoms with E-state index < -0.39 is 0 Å². The van der Waals surface area contributed by atoms with E-state index in [1.54, 1.807) is 0 Å². The van der Waals surface area contributed by atoms with Crippen molar-refractivity contribution >= 4 is 17.5 Å². The molecule has 0 radical (unpaired) electrons. The van der Waals surface area contributed by atoms with E-state index in [0.29, 0.717) is 19.6 Å². The number of nitrogens with zero attached hydrogens (tertiary/aromatic N) is 1. The topological polar surface area (TPSA) is 29.5 Å². The fraction of sp³-hybridized carbons (Fsp3) is 0.500. The number of morpholine rings is 1. The Balaban J connectivity index is 1.71. The minimum absolute atomic E-state index is 0.243. The molecule has 1 heterocycles. The molecule has 4 heteroatoms. The molecule has 0 aromatic heterocycles. The fourth-order valence-corrected chi connectivity index (χ4v) is 2.19. The highest BCUT2D eigenvalue weighted by Gasteiger charge is 2.15. The van der Waals surface area contributed by atoms with E-state index in [9.17, 15) is 4.79 Å². The largest absolute Gasteiger partial charge is 0.378 e. The summed E-state index contributed by atoms with van der Waals surface area (Å²) in [5.74, 6) is 0.243. The predicted molar refractivity (Wildman–Crippen MR) is 71.8 cm³/mol. The molecule has 1 saturated heterocycles. The molecule has 1 amide bonds. The number of halogens is 1. The Kier molecular flexibility index (Phi) is 5.02. The van der Waals surface area contributed by atoms with Gasteiger partial charge in [-0.2, -0.15) is 0 Å². The second-order valence-electron chi connectivity index (χ2n) is 4.47. The Labute approximate surface area is 113 Å². The van der Waals surface area contributed by atoms with Crippen molar-refractivity contribution in [2.24, 2.45) is 0 Å². The van der Waals surface area contributed by atoms with Crippen LogP contribution in [0.15, 0.2) is 24.3 Å². The molecule has 1 fully saturated rings. The summed E-state index contributed by atoms with van der Waals surface area (Å²) in [7, 11) is 0. The SMILES string of the molecule is O=C(CCCc1ccc(Cl)cc1)N1CCOCC1. The monoisotopic (exact) mass is 267 g/mol. The van der Waals surface area contributed by atoms with Gasteiger partial charge >= 0.3 is 0 Å². The number of ether oxygens (including phenoxy) is 1. The summed E-state index contributed by atoms with van der Waals surface area (Å²) >= 11 is 5.83. The van der Waals surface area contributed by atoms with Gasteiger partial charge in [0.1, 0.15) is 0 Å². The van der Waals surface area contributed by atoms with Crippen LogP contribution in [0, 0.1) is 0 Å². The Morgan fingerprint density at radius 1 is 1.22 bits per heavy atom. The van der Waals surface area contributed by atoms with Crippen molar-refractivity contribution < 1.29 is 9.53 Å². The van der Waals surface area contributed by atoms with Crippen molar-refractivity contribution in [3.63, 3.8) is 0 Å². The third-order valence-electron chi connectivity index (χ3n) is 3.13. The summed E-state index contributed by atoms with van der Waals surface area (Å²) in [6.07, 6.45) is 2.42. The van der Waals surface area contributed by atoms with Crippen LogP contribution >= 0.6 is 11.6 Å². The molecule has 0 saturated carbocycles. The highest BCUT2D eigenvalue weighted by molar-refractivity contribution is 6.30. The van der Waals surface area contributed by atoms with Gasteiger partial charge in [0.25, 0.3) is 0 Å². The molecule has 98 valence electrons. The predicted octanol–water partition coefficient (Wildman–Crippen LogP) is 2.52. The van der Waals surface area contributed by atoms with E-state index in [2.05, 4.69) is 0 Å². The van der Waals surface area contributed by atoms with Crippen LogP contribution in [0.5, 0.6) is 0 Å². The van der Waals surface area contributed by atoms with E-state index in [4.69, 9.17) is 16.3 Å². The van der Waals surface area contributed by atoms with Crippen LogP contribution in [0.3, 0.4) is 0 Å². The summed E-state index contributed by atoms with van der Waals surface area (Å²) in [6, 6.07) is 7.81. The lowest BCUT2D eigenvalue weighted by molar-refractivity contribution is -0.135. The van der Waals surface area contributed by atoms with Gasteiger partial charge in [0.15, 0.2) is 0 Å². The molecule has 0 bridgehead atoms. The third kappa shape index (κ3) is 4.00. The molecular formula is C14H18ClNO2. The minimum Gasteiger partial charge on any atom is -0.378 e. The second-order valence-corrected chi connectivity index (χ2v) is 4.91. The minimum atomic E-state index is 0.243. The first-order chi connectivity index (χ1) is 8.75. The Morgan fingerprint density at radius 2 is 1.89 bits per heavy atom. The lowest BCUT2D eigenvalue weighted by Gasteiger charge is -2.26. The summed E-state index contributed by atoms with van der Waals surface area (Å²) in [5.41, 5.74) is 1.23. The zero-order valence-corrected chi connectivity index (χ0v) is 11.2. The molecule has 2 rings (SSSR count). The van der Waals surface area contributed by atoms with Gasteiger partial charge in [-0.1, -0.05) is 23.7 Å². The van der Waals surface area contributed by atoms with E-state index >= 15 is 0 Å². The van der Waals surface area contributed by atoms with Crippen molar-refractivity contribution in [3.05, 3.63) is 34.9 Å². The Bertz CT molecular complexity index is 385. The fourth-order valence-electron chi connectivity index (χ4n) is 2.07. The molecule has 0 spiro atoms. The zero-order chi connectivity index (χ0) is 12.8. The number of benzene rings is 1. The highest BCUT2D eigenvalue weighted by atomic mass is 35.5. The average molecular weight is 268 g/mol. The van der Waals surface area contributed by atoms with Crippen LogP contribution in [0.25, 0.3) is 0 Å². The summed E-state index contributed by atoms with van der Waals surface area (Å²) < 4.78 is 5.23. The summed E-state index contributed by atoms with van der Waals surface area (Å²) in [5, 5.41) is 0.753. The number of hydrogen-bond acceptors (Lipinski definition) is 2. The quantitative estimate of drug-likeness (QED) is 0.839. The highest BCUT2D eigenvalue weighted by Crippen LogP contribution is 2.12. The number of hydrogen-bond donors (Lipinski definition) is 0. The maximum Gasteiger partial charge on any atom is 0.222 e. The molecule has 0 unspecified atom stereocenters. The van der Waals surface area contributed by atoms with Crippen molar-refractivity contribution in [1.82, 2.24) is 4.90 Å². The van der Waals surface area contributed by atoms with E-state index in [1.165, 1.54) is 5.56 Å². The number of carbonyl (C=O) groups excluding carboxylic acids is 1. The normalized spacial score (nSPS) is 15.7. The van der Waals surface area contributed by atoms with Crippen molar-refractivity contribution in [2.75, 3.05) is 26.3 Å². The average Bonchev–Trinajstić information content (AvgIpc) is 2.42. The molecule has 0 N–H and O–H groups in total. The second kappa shape index (κ2) is 6.76. The van der Waals surface area contributed by atoms with Crippen LogP contribution in [0.4, 0.5) is 0 Å². The van der Waals surface area contributed by atoms with Crippen LogP contribution < -0.4 is 0 Å². The molecule has 1 aliphatic rings. The molecular weight excluding hydrogens is 250 g/mol. The third-order valence-corrected chi connectivity index (χ3v) is 3.39. The molecule has 1 aliphatic heterocycles. The van der Waals surface area contributed by atoms with Crippen LogP contribution in [0.1, 0.15) is 18.4 Å². The standard InChI is InChI=1S/C14H18ClNO2/c15-13-6-4-12(5-7-13)2-1-3-14(17)16-8-10-18-11-9-16/h4-7H,1-3,8-11H2. The zero-order valence-electron chi connectivity index (χ0n) is 10.4. The Hall–Kier alpha value is -1.06. The van der Waals surface area contributed by atoms with E-state index in [-0.39, 0.29) is 5.91 Å². The van der Waals surface area contributed by atoms with Crippen LogP contribution in [0.2, 0.25) is 5.02 Å². The van der Waals surface area contributed by atoms with Gasteiger partial charge in [0.2, 0.25) is 5.91 Å². The van der Waals surface area contributed by atoms with E-state index in [1.807, 2.05) is 29.2 Å². The first kappa shape index (κ1) is 13.4. The van der Waals surface area contributed by atoms with Gasteiger partial charge in [-0.3, -0.25) is 4.79 Å². The molecule has 0 atom stereocenters. The van der Waals surface area contributed by atoms with Crippen molar-refractivity contribution in [3.8, 4) is 0 Å². The number of amides is 1. The van der Waals surface area contributed by atoms with E-state index in [0.717, 1.165) is 31.0 Å². The molecule has 3 nitrogen and oxygen atoms in total. The van der Waals surface area contributed by atoms with Gasteiger partial charge in [0.05, 0.1) is 13.2 Å². The summed E-state index contributed by atoms with van der Waals surface area (Å²) in [4.78, 5) is 13.8. The number of aryl methyl sites for hydroxylation is 1. The first-order valence-electron chi connectivity index (χ1n) is 6.35. The molecule has 1 aromatic carbocycles. The maximum absolute atomic E-state index is 11.9. The van der Waals surface area contributed by atoms with Gasteiger partial charge in [-0.15, -0.1) is 0 Å². The number of rotatable bonds is 4. The van der Waals surface area contributed by atoms with Crippen LogP contribution in [-0.4, -0.2) is 37.1 Å². The van der Waals surface area contributed by atoms with Crippen molar-refractivity contribution in [2.45, 2.75) is 19.3 Å². The molecule has 18 heavy (non-hydrogen) atoms. The lowest BCUT2D eigenvalue weighted by atomic mass is 10.1. The Morgan fingerprint density at radius 3 is 2.56 bits per heavy atom. The number of carbonyl (C=O) groups is 1. The van der Waals surface area contributed by atoms with Gasteiger partial charge < -0.3 is 9.64 Å². The molecule has 1 aromatic rings. The van der Waals surface area contributed by atoms with Gasteiger partial charge in [-0.25, -0.2) is 0 Å². The van der Waals surface area contributed by atoms with Crippen LogP contribution in [-0.2, 0) is 16.0 Å². The van der Waals surface area contributed by atoms with Crippen molar-refractivity contribution in [1.29, 1.82) is 0 Å².